The van der Waals surface area contributed by atoms with Gasteiger partial charge in [0.2, 0.25) is 0 Å². The van der Waals surface area contributed by atoms with E-state index in [4.69, 9.17) is 5.73 Å². The van der Waals surface area contributed by atoms with Gasteiger partial charge in [0, 0.05) is 12.2 Å². The molecular formula is C16H23FN2O. The van der Waals surface area contributed by atoms with Crippen molar-refractivity contribution in [3.8, 4) is 0 Å². The van der Waals surface area contributed by atoms with Crippen LogP contribution in [0.2, 0.25) is 0 Å². The average Bonchev–Trinajstić information content (AvgIpc) is 2.47. The van der Waals surface area contributed by atoms with Crippen molar-refractivity contribution in [1.82, 2.24) is 5.32 Å². The van der Waals surface area contributed by atoms with E-state index in [1.807, 2.05) is 0 Å². The smallest absolute Gasteiger partial charge is 0.254 e. The number of anilines is 1. The molecular weight excluding hydrogens is 255 g/mol. The molecule has 0 aromatic heterocycles. The molecule has 0 radical (unpaired) electrons. The van der Waals surface area contributed by atoms with Crippen LogP contribution in [0.5, 0.6) is 0 Å². The summed E-state index contributed by atoms with van der Waals surface area (Å²) in [7, 11) is 0. The Bertz CT molecular complexity index is 468. The molecule has 1 fully saturated rings. The Morgan fingerprint density at radius 2 is 1.95 bits per heavy atom. The third-order valence-corrected chi connectivity index (χ3v) is 4.33. The molecule has 0 saturated heterocycles. The Morgan fingerprint density at radius 1 is 1.30 bits per heavy atom. The number of carbonyl (C=O) groups excluding carboxylic acids is 1. The van der Waals surface area contributed by atoms with Crippen LogP contribution in [0, 0.1) is 17.7 Å². The van der Waals surface area contributed by atoms with Crippen LogP contribution in [0.4, 0.5) is 10.1 Å². The molecule has 110 valence electrons. The number of nitrogens with two attached hydrogens (primary N) is 1. The van der Waals surface area contributed by atoms with Gasteiger partial charge in [0.05, 0.1) is 5.56 Å². The minimum Gasteiger partial charge on any atom is -0.399 e. The maximum absolute atomic E-state index is 13.6. The maximum Gasteiger partial charge on any atom is 0.254 e. The van der Waals surface area contributed by atoms with Crippen LogP contribution in [-0.4, -0.2) is 12.5 Å². The first-order valence-electron chi connectivity index (χ1n) is 7.43. The summed E-state index contributed by atoms with van der Waals surface area (Å²) in [5.74, 6) is 0.470. The van der Waals surface area contributed by atoms with Crippen LogP contribution in [0.25, 0.3) is 0 Å². The van der Waals surface area contributed by atoms with Gasteiger partial charge < -0.3 is 11.1 Å². The largest absolute Gasteiger partial charge is 0.399 e. The molecule has 3 nitrogen and oxygen atoms in total. The molecule has 3 N–H and O–H groups in total. The second-order valence-electron chi connectivity index (χ2n) is 5.74. The summed E-state index contributed by atoms with van der Waals surface area (Å²) in [6.45, 7) is 2.86. The monoisotopic (exact) mass is 278 g/mol. The van der Waals surface area contributed by atoms with E-state index in [1.165, 1.54) is 37.5 Å². The van der Waals surface area contributed by atoms with E-state index in [-0.39, 0.29) is 11.5 Å². The van der Waals surface area contributed by atoms with Gasteiger partial charge in [-0.1, -0.05) is 26.2 Å². The number of carbonyl (C=O) groups is 1. The lowest BCUT2D eigenvalue weighted by Gasteiger charge is -2.27. The predicted octanol–water partition coefficient (Wildman–Crippen LogP) is 3.35. The van der Waals surface area contributed by atoms with Crippen molar-refractivity contribution in [2.45, 2.75) is 39.0 Å². The van der Waals surface area contributed by atoms with E-state index >= 15 is 0 Å². The fraction of sp³-hybridized carbons (Fsp3) is 0.562. The van der Waals surface area contributed by atoms with Crippen LogP contribution >= 0.6 is 0 Å². The van der Waals surface area contributed by atoms with Crippen molar-refractivity contribution in [2.75, 3.05) is 12.3 Å². The summed E-state index contributed by atoms with van der Waals surface area (Å²) in [6.07, 6.45) is 6.03. The average molecular weight is 278 g/mol. The Labute approximate surface area is 119 Å². The molecule has 1 saturated carbocycles. The van der Waals surface area contributed by atoms with Crippen molar-refractivity contribution in [3.63, 3.8) is 0 Å². The van der Waals surface area contributed by atoms with E-state index in [0.29, 0.717) is 18.2 Å². The van der Waals surface area contributed by atoms with Gasteiger partial charge in [-0.3, -0.25) is 4.79 Å². The summed E-state index contributed by atoms with van der Waals surface area (Å²) in [5.41, 5.74) is 6.03. The molecule has 20 heavy (non-hydrogen) atoms. The number of hydrogen-bond donors (Lipinski definition) is 2. The maximum atomic E-state index is 13.6. The fourth-order valence-corrected chi connectivity index (χ4v) is 2.89. The van der Waals surface area contributed by atoms with Crippen molar-refractivity contribution >= 4 is 11.6 Å². The van der Waals surface area contributed by atoms with Gasteiger partial charge in [-0.15, -0.1) is 0 Å². The first-order valence-corrected chi connectivity index (χ1v) is 7.43. The Hall–Kier alpha value is -1.58. The van der Waals surface area contributed by atoms with Gasteiger partial charge in [-0.2, -0.15) is 0 Å². The number of amides is 1. The number of halogens is 1. The Kier molecular flexibility index (Phi) is 4.99. The highest BCUT2D eigenvalue weighted by Crippen LogP contribution is 2.30. The van der Waals surface area contributed by atoms with Crippen LogP contribution in [-0.2, 0) is 0 Å². The molecule has 0 unspecified atom stereocenters. The third kappa shape index (κ3) is 3.71. The summed E-state index contributed by atoms with van der Waals surface area (Å²) in [4.78, 5) is 12.0. The van der Waals surface area contributed by atoms with Gasteiger partial charge in [0.25, 0.3) is 5.91 Å². The molecule has 0 heterocycles. The van der Waals surface area contributed by atoms with E-state index in [2.05, 4.69) is 12.2 Å². The number of nitrogen functional groups attached to an aromatic ring is 1. The molecule has 0 aliphatic heterocycles. The Balaban J connectivity index is 1.85. The molecule has 0 atom stereocenters. The van der Waals surface area contributed by atoms with E-state index < -0.39 is 5.82 Å². The minimum absolute atomic E-state index is 0.0345. The Morgan fingerprint density at radius 3 is 2.60 bits per heavy atom. The van der Waals surface area contributed by atoms with Gasteiger partial charge in [0.15, 0.2) is 0 Å². The van der Waals surface area contributed by atoms with Crippen LogP contribution in [0.1, 0.15) is 49.4 Å². The molecule has 0 bridgehead atoms. The minimum atomic E-state index is -0.522. The summed E-state index contributed by atoms with van der Waals surface area (Å²) >= 11 is 0. The van der Waals surface area contributed by atoms with Gasteiger partial charge in [0.1, 0.15) is 5.82 Å². The number of nitrogens with one attached hydrogen (secondary N) is 1. The second-order valence-corrected chi connectivity index (χ2v) is 5.74. The highest BCUT2D eigenvalue weighted by molar-refractivity contribution is 5.95. The molecule has 1 aliphatic carbocycles. The summed E-state index contributed by atoms with van der Waals surface area (Å²) in [6, 6.07) is 4.08. The van der Waals surface area contributed by atoms with Crippen molar-refractivity contribution in [2.24, 2.45) is 11.8 Å². The molecule has 1 amide bonds. The molecule has 4 heteroatoms. The first kappa shape index (κ1) is 14.8. The molecule has 1 aromatic rings. The predicted molar refractivity (Wildman–Crippen MR) is 78.9 cm³/mol. The van der Waals surface area contributed by atoms with E-state index in [1.54, 1.807) is 0 Å². The quantitative estimate of drug-likeness (QED) is 0.830. The number of rotatable bonds is 4. The van der Waals surface area contributed by atoms with Crippen molar-refractivity contribution in [3.05, 3.63) is 29.6 Å². The molecule has 0 spiro atoms. The SMILES string of the molecule is CCC1CCC(CNC(=O)c2cc(N)ccc2F)CC1. The summed E-state index contributed by atoms with van der Waals surface area (Å²) < 4.78 is 13.6. The van der Waals surface area contributed by atoms with Gasteiger partial charge >= 0.3 is 0 Å². The van der Waals surface area contributed by atoms with Crippen LogP contribution in [0.15, 0.2) is 18.2 Å². The normalized spacial score (nSPS) is 22.5. The van der Waals surface area contributed by atoms with Crippen LogP contribution in [0.3, 0.4) is 0 Å². The van der Waals surface area contributed by atoms with Crippen molar-refractivity contribution < 1.29 is 9.18 Å². The fourth-order valence-electron chi connectivity index (χ4n) is 2.89. The van der Waals surface area contributed by atoms with Crippen molar-refractivity contribution in [1.29, 1.82) is 0 Å². The topological polar surface area (TPSA) is 55.1 Å². The highest BCUT2D eigenvalue weighted by atomic mass is 19.1. The van der Waals surface area contributed by atoms with E-state index in [0.717, 1.165) is 18.8 Å². The van der Waals surface area contributed by atoms with Gasteiger partial charge in [-0.25, -0.2) is 4.39 Å². The standard InChI is InChI=1S/C16H23FN2O/c1-2-11-3-5-12(6-4-11)10-19-16(20)14-9-13(18)7-8-15(14)17/h7-9,11-12H,2-6,10,18H2,1H3,(H,19,20). The molecule has 1 aromatic carbocycles. The lowest BCUT2D eigenvalue weighted by atomic mass is 9.81. The third-order valence-electron chi connectivity index (χ3n) is 4.33. The first-order chi connectivity index (χ1) is 9.60. The second kappa shape index (κ2) is 6.73. The zero-order valence-corrected chi connectivity index (χ0v) is 12.0. The molecule has 1 aliphatic rings. The zero-order valence-electron chi connectivity index (χ0n) is 12.0. The molecule has 2 rings (SSSR count). The number of hydrogen-bond acceptors (Lipinski definition) is 2. The van der Waals surface area contributed by atoms with E-state index in [9.17, 15) is 9.18 Å². The highest BCUT2D eigenvalue weighted by Gasteiger charge is 2.21. The van der Waals surface area contributed by atoms with Gasteiger partial charge in [-0.05, 0) is 42.9 Å². The lowest BCUT2D eigenvalue weighted by Crippen LogP contribution is -2.31. The zero-order chi connectivity index (χ0) is 14.5. The summed E-state index contributed by atoms with van der Waals surface area (Å²) in [5, 5.41) is 2.84. The lowest BCUT2D eigenvalue weighted by molar-refractivity contribution is 0.0937. The number of benzene rings is 1. The van der Waals surface area contributed by atoms with Crippen LogP contribution < -0.4 is 11.1 Å².